The van der Waals surface area contributed by atoms with Crippen LogP contribution < -0.4 is 11.2 Å². The van der Waals surface area contributed by atoms with Gasteiger partial charge in [-0.25, -0.2) is 9.48 Å². The van der Waals surface area contributed by atoms with Gasteiger partial charge in [-0.3, -0.25) is 9.36 Å². The zero-order valence-corrected chi connectivity index (χ0v) is 12.8. The van der Waals surface area contributed by atoms with E-state index >= 15 is 0 Å². The van der Waals surface area contributed by atoms with Crippen molar-refractivity contribution in [2.75, 3.05) is 0 Å². The molecule has 120 valence electrons. The van der Waals surface area contributed by atoms with Crippen LogP contribution in [0.5, 0.6) is 0 Å². The Kier molecular flexibility index (Phi) is 3.45. The first-order valence-electron chi connectivity index (χ1n) is 7.74. The van der Waals surface area contributed by atoms with Gasteiger partial charge in [0.1, 0.15) is 5.52 Å². The highest BCUT2D eigenvalue weighted by Crippen LogP contribution is 2.09. The fourth-order valence-corrected chi connectivity index (χ4v) is 2.88. The van der Waals surface area contributed by atoms with Crippen molar-refractivity contribution in [2.24, 2.45) is 0 Å². The molecule has 0 fully saturated rings. The number of fused-ring (bicyclic) bond motifs is 2. The maximum absolute atomic E-state index is 12.4. The highest BCUT2D eigenvalue weighted by Gasteiger charge is 2.07. The molecule has 2 aromatic heterocycles. The van der Waals surface area contributed by atoms with E-state index < -0.39 is 0 Å². The van der Waals surface area contributed by atoms with Crippen LogP contribution in [0.4, 0.5) is 0 Å². The van der Waals surface area contributed by atoms with Crippen molar-refractivity contribution in [3.8, 4) is 0 Å². The summed E-state index contributed by atoms with van der Waals surface area (Å²) in [6, 6.07) is 14.7. The van der Waals surface area contributed by atoms with Crippen LogP contribution in [0.15, 0.2) is 58.1 Å². The van der Waals surface area contributed by atoms with Crippen molar-refractivity contribution < 1.29 is 0 Å². The van der Waals surface area contributed by atoms with Crippen molar-refractivity contribution >= 4 is 21.9 Å². The number of imidazole rings is 1. The summed E-state index contributed by atoms with van der Waals surface area (Å²) in [5.74, 6) is 0. The van der Waals surface area contributed by atoms with Crippen LogP contribution in [0.3, 0.4) is 0 Å². The van der Waals surface area contributed by atoms with Gasteiger partial charge in [0.15, 0.2) is 0 Å². The zero-order chi connectivity index (χ0) is 16.5. The van der Waals surface area contributed by atoms with E-state index in [2.05, 4.69) is 15.3 Å². The molecular formula is C17H15N5O2. The summed E-state index contributed by atoms with van der Waals surface area (Å²) in [6.45, 7) is 0.909. The summed E-state index contributed by atoms with van der Waals surface area (Å²) in [6.07, 6.45) is 0.606. The molecule has 2 aromatic carbocycles. The molecule has 0 spiro atoms. The van der Waals surface area contributed by atoms with Gasteiger partial charge in [0.05, 0.1) is 16.4 Å². The van der Waals surface area contributed by atoms with E-state index in [9.17, 15) is 9.59 Å². The molecule has 0 unspecified atom stereocenters. The fraction of sp³-hybridized carbons (Fsp3) is 0.176. The van der Waals surface area contributed by atoms with Gasteiger partial charge in [-0.05, 0) is 30.7 Å². The SMILES string of the molecule is O=c1c2ccccc2nnn1CCCn1c(=O)[nH]c2ccccc21. The lowest BCUT2D eigenvalue weighted by Crippen LogP contribution is -2.25. The molecule has 7 heteroatoms. The van der Waals surface area contributed by atoms with E-state index in [1.165, 1.54) is 4.68 Å². The van der Waals surface area contributed by atoms with Gasteiger partial charge in [0.25, 0.3) is 5.56 Å². The quantitative estimate of drug-likeness (QED) is 0.617. The van der Waals surface area contributed by atoms with E-state index in [1.807, 2.05) is 30.3 Å². The minimum absolute atomic E-state index is 0.145. The maximum atomic E-state index is 12.4. The average molecular weight is 321 g/mol. The zero-order valence-electron chi connectivity index (χ0n) is 12.8. The third kappa shape index (κ3) is 2.40. The molecule has 0 amide bonds. The molecule has 0 atom stereocenters. The predicted octanol–water partition coefficient (Wildman–Crippen LogP) is 1.52. The summed E-state index contributed by atoms with van der Waals surface area (Å²) in [5, 5.41) is 8.58. The van der Waals surface area contributed by atoms with Crippen molar-refractivity contribution in [3.63, 3.8) is 0 Å². The second kappa shape index (κ2) is 5.77. The second-order valence-electron chi connectivity index (χ2n) is 5.59. The standard InChI is InChI=1S/C17H15N5O2/c23-16-12-6-1-2-7-13(12)19-20-22(16)11-5-10-21-15-9-4-3-8-14(15)18-17(21)24/h1-4,6-9H,5,10-11H2,(H,18,24). The number of hydrogen-bond acceptors (Lipinski definition) is 4. The lowest BCUT2D eigenvalue weighted by Gasteiger charge is -2.06. The predicted molar refractivity (Wildman–Crippen MR) is 91.0 cm³/mol. The molecule has 24 heavy (non-hydrogen) atoms. The average Bonchev–Trinajstić information content (AvgIpc) is 2.93. The largest absolute Gasteiger partial charge is 0.326 e. The van der Waals surface area contributed by atoms with Crippen molar-refractivity contribution in [1.82, 2.24) is 24.5 Å². The third-order valence-corrected chi connectivity index (χ3v) is 4.06. The Morgan fingerprint density at radius 1 is 0.958 bits per heavy atom. The third-order valence-electron chi connectivity index (χ3n) is 4.06. The Balaban J connectivity index is 1.57. The molecule has 0 radical (unpaired) electrons. The van der Waals surface area contributed by atoms with E-state index in [0.717, 1.165) is 11.0 Å². The van der Waals surface area contributed by atoms with Gasteiger partial charge in [0, 0.05) is 13.1 Å². The van der Waals surface area contributed by atoms with Crippen LogP contribution in [0, 0.1) is 0 Å². The van der Waals surface area contributed by atoms with Crippen LogP contribution in [0.25, 0.3) is 21.9 Å². The maximum Gasteiger partial charge on any atom is 0.326 e. The van der Waals surface area contributed by atoms with Gasteiger partial charge in [-0.15, -0.1) is 5.10 Å². The van der Waals surface area contributed by atoms with E-state index in [4.69, 9.17) is 0 Å². The molecule has 1 N–H and O–H groups in total. The minimum Gasteiger partial charge on any atom is -0.306 e. The summed E-state index contributed by atoms with van der Waals surface area (Å²) >= 11 is 0. The Morgan fingerprint density at radius 2 is 1.75 bits per heavy atom. The van der Waals surface area contributed by atoms with E-state index in [0.29, 0.717) is 30.4 Å². The van der Waals surface area contributed by atoms with E-state index in [1.54, 1.807) is 22.8 Å². The number of para-hydroxylation sites is 2. The summed E-state index contributed by atoms with van der Waals surface area (Å²) < 4.78 is 3.02. The summed E-state index contributed by atoms with van der Waals surface area (Å²) in [4.78, 5) is 27.2. The number of H-pyrrole nitrogens is 1. The van der Waals surface area contributed by atoms with Crippen LogP contribution in [0.1, 0.15) is 6.42 Å². The first-order chi connectivity index (χ1) is 11.7. The van der Waals surface area contributed by atoms with Gasteiger partial charge < -0.3 is 4.98 Å². The topological polar surface area (TPSA) is 85.6 Å². The normalized spacial score (nSPS) is 11.3. The molecule has 7 nitrogen and oxygen atoms in total. The number of nitrogens with zero attached hydrogens (tertiary/aromatic N) is 4. The molecular weight excluding hydrogens is 306 g/mol. The van der Waals surface area contributed by atoms with Crippen LogP contribution in [-0.2, 0) is 13.1 Å². The molecule has 4 aromatic rings. The number of nitrogens with one attached hydrogen (secondary N) is 1. The molecule has 4 rings (SSSR count). The summed E-state index contributed by atoms with van der Waals surface area (Å²) in [5.41, 5.74) is 1.95. The van der Waals surface area contributed by atoms with Crippen molar-refractivity contribution in [1.29, 1.82) is 0 Å². The Labute approximate surface area is 136 Å². The Hall–Kier alpha value is -3.22. The first-order valence-corrected chi connectivity index (χ1v) is 7.74. The number of rotatable bonds is 4. The highest BCUT2D eigenvalue weighted by molar-refractivity contribution is 5.76. The minimum atomic E-state index is -0.160. The lowest BCUT2D eigenvalue weighted by molar-refractivity contribution is 0.491. The van der Waals surface area contributed by atoms with Crippen LogP contribution in [-0.4, -0.2) is 24.5 Å². The van der Waals surface area contributed by atoms with E-state index in [-0.39, 0.29) is 11.2 Å². The molecule has 0 saturated heterocycles. The van der Waals surface area contributed by atoms with Crippen molar-refractivity contribution in [3.05, 3.63) is 69.4 Å². The van der Waals surface area contributed by atoms with Crippen LogP contribution >= 0.6 is 0 Å². The number of aromatic nitrogens is 5. The first kappa shape index (κ1) is 14.4. The number of aromatic amines is 1. The van der Waals surface area contributed by atoms with Gasteiger partial charge >= 0.3 is 5.69 Å². The number of hydrogen-bond donors (Lipinski definition) is 1. The smallest absolute Gasteiger partial charge is 0.306 e. The highest BCUT2D eigenvalue weighted by atomic mass is 16.1. The molecule has 2 heterocycles. The fourth-order valence-electron chi connectivity index (χ4n) is 2.88. The molecule has 0 saturated carbocycles. The molecule has 0 aliphatic carbocycles. The molecule has 0 aliphatic rings. The van der Waals surface area contributed by atoms with Gasteiger partial charge in [-0.1, -0.05) is 29.5 Å². The van der Waals surface area contributed by atoms with Crippen molar-refractivity contribution in [2.45, 2.75) is 19.5 Å². The number of aryl methyl sites for hydroxylation is 2. The van der Waals surface area contributed by atoms with Gasteiger partial charge in [-0.2, -0.15) is 0 Å². The Morgan fingerprint density at radius 3 is 2.67 bits per heavy atom. The summed E-state index contributed by atoms with van der Waals surface area (Å²) in [7, 11) is 0. The monoisotopic (exact) mass is 321 g/mol. The molecule has 0 bridgehead atoms. The van der Waals surface area contributed by atoms with Crippen LogP contribution in [0.2, 0.25) is 0 Å². The number of benzene rings is 2. The molecule has 0 aliphatic heterocycles. The lowest BCUT2D eigenvalue weighted by atomic mass is 10.2. The Bertz CT molecular complexity index is 1140. The second-order valence-corrected chi connectivity index (χ2v) is 5.59. The van der Waals surface area contributed by atoms with Gasteiger partial charge in [0.2, 0.25) is 0 Å².